The van der Waals surface area contributed by atoms with Crippen molar-refractivity contribution in [1.82, 2.24) is 9.78 Å². The van der Waals surface area contributed by atoms with E-state index in [9.17, 15) is 0 Å². The molecule has 1 aromatic carbocycles. The fourth-order valence-corrected chi connectivity index (χ4v) is 1.67. The molecule has 0 aliphatic carbocycles. The van der Waals surface area contributed by atoms with Gasteiger partial charge in [-0.25, -0.2) is 4.68 Å². The zero-order valence-corrected chi connectivity index (χ0v) is 8.73. The lowest BCUT2D eigenvalue weighted by Gasteiger charge is -2.08. The van der Waals surface area contributed by atoms with Crippen molar-refractivity contribution in [2.75, 3.05) is 0 Å². The number of benzene rings is 1. The zero-order valence-electron chi connectivity index (χ0n) is 8.73. The highest BCUT2D eigenvalue weighted by molar-refractivity contribution is 5.47. The van der Waals surface area contributed by atoms with E-state index in [1.807, 2.05) is 32.0 Å². The van der Waals surface area contributed by atoms with Gasteiger partial charge in [0.15, 0.2) is 0 Å². The Balaban J connectivity index is 2.59. The molecule has 0 bridgehead atoms. The van der Waals surface area contributed by atoms with Crippen molar-refractivity contribution < 1.29 is 0 Å². The van der Waals surface area contributed by atoms with Gasteiger partial charge < -0.3 is 0 Å². The van der Waals surface area contributed by atoms with Crippen LogP contribution in [-0.4, -0.2) is 9.78 Å². The first-order valence-electron chi connectivity index (χ1n) is 4.73. The summed E-state index contributed by atoms with van der Waals surface area (Å²) in [7, 11) is 0. The van der Waals surface area contributed by atoms with Crippen molar-refractivity contribution in [3.05, 3.63) is 47.3 Å². The predicted octanol–water partition coefficient (Wildman–Crippen LogP) is 2.36. The van der Waals surface area contributed by atoms with E-state index in [2.05, 4.69) is 11.2 Å². The molecule has 0 saturated carbocycles. The summed E-state index contributed by atoms with van der Waals surface area (Å²) in [6, 6.07) is 8.16. The van der Waals surface area contributed by atoms with E-state index < -0.39 is 0 Å². The molecule has 3 heteroatoms. The molecule has 1 aromatic heterocycles. The summed E-state index contributed by atoms with van der Waals surface area (Å²) >= 11 is 0. The van der Waals surface area contributed by atoms with Crippen LogP contribution in [0.2, 0.25) is 0 Å². The van der Waals surface area contributed by atoms with E-state index in [1.54, 1.807) is 17.1 Å². The van der Waals surface area contributed by atoms with Crippen molar-refractivity contribution in [2.24, 2.45) is 0 Å². The molecule has 0 amide bonds. The fourth-order valence-electron chi connectivity index (χ4n) is 1.67. The average molecular weight is 197 g/mol. The molecule has 0 saturated heterocycles. The summed E-state index contributed by atoms with van der Waals surface area (Å²) in [6.45, 7) is 4.08. The van der Waals surface area contributed by atoms with Gasteiger partial charge in [0.2, 0.25) is 0 Å². The van der Waals surface area contributed by atoms with Crippen LogP contribution in [0.25, 0.3) is 5.69 Å². The summed E-state index contributed by atoms with van der Waals surface area (Å²) in [6.07, 6.45) is 3.32. The Labute approximate surface area is 88.6 Å². The minimum Gasteiger partial charge on any atom is -0.239 e. The molecule has 0 radical (unpaired) electrons. The summed E-state index contributed by atoms with van der Waals surface area (Å²) in [4.78, 5) is 0. The van der Waals surface area contributed by atoms with E-state index in [-0.39, 0.29) is 0 Å². The third-order valence-corrected chi connectivity index (χ3v) is 2.38. The first-order valence-corrected chi connectivity index (χ1v) is 4.73. The molecule has 0 aliphatic rings. The summed E-state index contributed by atoms with van der Waals surface area (Å²) in [5.41, 5.74) is 3.95. The molecule has 74 valence electrons. The Morgan fingerprint density at radius 1 is 1.27 bits per heavy atom. The molecule has 0 unspecified atom stereocenters. The second-order valence-corrected chi connectivity index (χ2v) is 3.53. The van der Waals surface area contributed by atoms with E-state index in [0.717, 1.165) is 16.8 Å². The molecule has 2 aromatic rings. The van der Waals surface area contributed by atoms with Crippen LogP contribution in [0.15, 0.2) is 30.6 Å². The van der Waals surface area contributed by atoms with Crippen molar-refractivity contribution in [3.8, 4) is 11.8 Å². The van der Waals surface area contributed by atoms with Crippen LogP contribution in [0.1, 0.15) is 16.7 Å². The minimum absolute atomic E-state index is 0.581. The average Bonchev–Trinajstić information content (AvgIpc) is 2.66. The van der Waals surface area contributed by atoms with Crippen LogP contribution in [0.4, 0.5) is 0 Å². The Kier molecular flexibility index (Phi) is 2.26. The second-order valence-electron chi connectivity index (χ2n) is 3.53. The quantitative estimate of drug-likeness (QED) is 0.704. The smallest absolute Gasteiger partial charge is 0.102 e. The van der Waals surface area contributed by atoms with E-state index in [1.165, 1.54) is 0 Å². The van der Waals surface area contributed by atoms with Gasteiger partial charge in [-0.1, -0.05) is 18.2 Å². The molecule has 0 fully saturated rings. The SMILES string of the molecule is Cc1cccc(C)c1-n1cc(C#N)cn1. The third-order valence-electron chi connectivity index (χ3n) is 2.38. The first-order chi connectivity index (χ1) is 7.22. The highest BCUT2D eigenvalue weighted by Gasteiger charge is 2.05. The summed E-state index contributed by atoms with van der Waals surface area (Å²) in [5, 5.41) is 12.9. The molecule has 1 heterocycles. The van der Waals surface area contributed by atoms with Crippen LogP contribution < -0.4 is 0 Å². The zero-order chi connectivity index (χ0) is 10.8. The lowest BCUT2D eigenvalue weighted by Crippen LogP contribution is -1.99. The molecule has 3 nitrogen and oxygen atoms in total. The molecular weight excluding hydrogens is 186 g/mol. The Morgan fingerprint density at radius 2 is 1.93 bits per heavy atom. The number of hydrogen-bond acceptors (Lipinski definition) is 2. The predicted molar refractivity (Wildman–Crippen MR) is 57.8 cm³/mol. The summed E-state index contributed by atoms with van der Waals surface area (Å²) in [5.74, 6) is 0. The largest absolute Gasteiger partial charge is 0.239 e. The Hall–Kier alpha value is -2.08. The van der Waals surface area contributed by atoms with Gasteiger partial charge >= 0.3 is 0 Å². The number of para-hydroxylation sites is 1. The topological polar surface area (TPSA) is 41.6 Å². The molecule has 2 rings (SSSR count). The maximum atomic E-state index is 8.73. The fraction of sp³-hybridized carbons (Fsp3) is 0.167. The van der Waals surface area contributed by atoms with Crippen LogP contribution in [0.5, 0.6) is 0 Å². The Morgan fingerprint density at radius 3 is 2.47 bits per heavy atom. The van der Waals surface area contributed by atoms with Crippen LogP contribution in [0, 0.1) is 25.2 Å². The van der Waals surface area contributed by atoms with Gasteiger partial charge in [-0.15, -0.1) is 0 Å². The molecular formula is C12H11N3. The second kappa shape index (κ2) is 3.58. The lowest BCUT2D eigenvalue weighted by atomic mass is 10.1. The monoisotopic (exact) mass is 197 g/mol. The Bertz CT molecular complexity index is 512. The maximum Gasteiger partial charge on any atom is 0.102 e. The van der Waals surface area contributed by atoms with Gasteiger partial charge in [0.05, 0.1) is 17.4 Å². The van der Waals surface area contributed by atoms with Gasteiger partial charge in [-0.05, 0) is 25.0 Å². The van der Waals surface area contributed by atoms with Gasteiger partial charge in [0, 0.05) is 6.20 Å². The van der Waals surface area contributed by atoms with Crippen LogP contribution in [0.3, 0.4) is 0 Å². The number of nitriles is 1. The van der Waals surface area contributed by atoms with Gasteiger partial charge in [0.25, 0.3) is 0 Å². The molecule has 0 aliphatic heterocycles. The summed E-state index contributed by atoms with van der Waals surface area (Å²) < 4.78 is 1.75. The highest BCUT2D eigenvalue weighted by atomic mass is 15.3. The van der Waals surface area contributed by atoms with Crippen molar-refractivity contribution in [3.63, 3.8) is 0 Å². The molecule has 15 heavy (non-hydrogen) atoms. The number of aryl methyl sites for hydroxylation is 2. The van der Waals surface area contributed by atoms with Crippen LogP contribution >= 0.6 is 0 Å². The minimum atomic E-state index is 0.581. The number of nitrogens with zero attached hydrogens (tertiary/aromatic N) is 3. The van der Waals surface area contributed by atoms with E-state index in [4.69, 9.17) is 5.26 Å². The number of hydrogen-bond donors (Lipinski definition) is 0. The molecule has 0 spiro atoms. The number of aromatic nitrogens is 2. The normalized spacial score (nSPS) is 9.93. The van der Waals surface area contributed by atoms with Gasteiger partial charge in [-0.2, -0.15) is 10.4 Å². The maximum absolute atomic E-state index is 8.73. The molecule has 0 N–H and O–H groups in total. The standard InChI is InChI=1S/C12H11N3/c1-9-4-3-5-10(2)12(9)15-8-11(6-13)7-14-15/h3-5,7-8H,1-2H3. The highest BCUT2D eigenvalue weighted by Crippen LogP contribution is 2.17. The number of rotatable bonds is 1. The lowest BCUT2D eigenvalue weighted by molar-refractivity contribution is 0.864. The third kappa shape index (κ3) is 1.62. The van der Waals surface area contributed by atoms with Crippen molar-refractivity contribution in [1.29, 1.82) is 5.26 Å². The van der Waals surface area contributed by atoms with Crippen LogP contribution in [-0.2, 0) is 0 Å². The van der Waals surface area contributed by atoms with Crippen molar-refractivity contribution >= 4 is 0 Å². The van der Waals surface area contributed by atoms with Gasteiger partial charge in [-0.3, -0.25) is 0 Å². The first kappa shape index (κ1) is 9.47. The van der Waals surface area contributed by atoms with Crippen molar-refractivity contribution in [2.45, 2.75) is 13.8 Å². The van der Waals surface area contributed by atoms with E-state index in [0.29, 0.717) is 5.56 Å². The molecule has 0 atom stereocenters. The van der Waals surface area contributed by atoms with Gasteiger partial charge in [0.1, 0.15) is 6.07 Å². The van der Waals surface area contributed by atoms with E-state index >= 15 is 0 Å².